The Morgan fingerprint density at radius 3 is 2.70 bits per heavy atom. The fraction of sp³-hybridized carbons (Fsp3) is 0.400. The van der Waals surface area contributed by atoms with Crippen LogP contribution in [0.25, 0.3) is 0 Å². The number of nitrogens with zero attached hydrogens (tertiary/aromatic N) is 2. The number of thiazole rings is 1. The van der Waals surface area contributed by atoms with Crippen LogP contribution in [0, 0.1) is 20.8 Å². The molecule has 1 amide bonds. The standard InChI is InChI=1S/C15H19N3OS/c1-5-6-12-17-11(4)14(20-12)15(19)18-13-9(2)7-8-16-10(13)3/h7-8H,5-6H2,1-4H3,(H,18,19). The molecule has 1 N–H and O–H groups in total. The van der Waals surface area contributed by atoms with Gasteiger partial charge in [0.15, 0.2) is 0 Å². The van der Waals surface area contributed by atoms with E-state index in [1.807, 2.05) is 26.8 Å². The van der Waals surface area contributed by atoms with E-state index in [1.54, 1.807) is 6.20 Å². The molecule has 0 aromatic carbocycles. The van der Waals surface area contributed by atoms with Crippen LogP contribution in [0.1, 0.15) is 45.0 Å². The Labute approximate surface area is 123 Å². The van der Waals surface area contributed by atoms with E-state index in [1.165, 1.54) is 11.3 Å². The maximum absolute atomic E-state index is 12.4. The smallest absolute Gasteiger partial charge is 0.267 e. The van der Waals surface area contributed by atoms with Crippen molar-refractivity contribution in [2.24, 2.45) is 0 Å². The number of pyridine rings is 1. The van der Waals surface area contributed by atoms with E-state index in [0.29, 0.717) is 4.88 Å². The molecule has 2 rings (SSSR count). The first kappa shape index (κ1) is 14.7. The van der Waals surface area contributed by atoms with Crippen molar-refractivity contribution < 1.29 is 4.79 Å². The minimum Gasteiger partial charge on any atom is -0.319 e. The molecule has 0 aliphatic rings. The molecule has 20 heavy (non-hydrogen) atoms. The zero-order valence-corrected chi connectivity index (χ0v) is 13.1. The van der Waals surface area contributed by atoms with E-state index in [4.69, 9.17) is 0 Å². The predicted octanol–water partition coefficient (Wildman–Crippen LogP) is 3.67. The number of rotatable bonds is 4. The van der Waals surface area contributed by atoms with Gasteiger partial charge in [0.2, 0.25) is 0 Å². The van der Waals surface area contributed by atoms with Crippen molar-refractivity contribution in [1.29, 1.82) is 0 Å². The minimum atomic E-state index is -0.0958. The molecule has 0 atom stereocenters. The number of aryl methyl sites for hydroxylation is 4. The Morgan fingerprint density at radius 2 is 2.05 bits per heavy atom. The summed E-state index contributed by atoms with van der Waals surface area (Å²) in [4.78, 5) is 21.7. The molecule has 0 spiro atoms. The number of hydrogen-bond donors (Lipinski definition) is 1. The molecule has 0 unspecified atom stereocenters. The normalized spacial score (nSPS) is 10.6. The van der Waals surface area contributed by atoms with Crippen molar-refractivity contribution in [2.45, 2.75) is 40.5 Å². The number of hydrogen-bond acceptors (Lipinski definition) is 4. The van der Waals surface area contributed by atoms with Crippen LogP contribution in [0.2, 0.25) is 0 Å². The summed E-state index contributed by atoms with van der Waals surface area (Å²) in [5.41, 5.74) is 3.44. The number of carbonyl (C=O) groups is 1. The van der Waals surface area contributed by atoms with E-state index < -0.39 is 0 Å². The molecule has 0 radical (unpaired) electrons. The largest absolute Gasteiger partial charge is 0.319 e. The van der Waals surface area contributed by atoms with Crippen LogP contribution in [0.3, 0.4) is 0 Å². The first-order chi connectivity index (χ1) is 9.52. The SMILES string of the molecule is CCCc1nc(C)c(C(=O)Nc2c(C)ccnc2C)s1. The van der Waals surface area contributed by atoms with Crippen LogP contribution >= 0.6 is 11.3 Å². The van der Waals surface area contributed by atoms with Gasteiger partial charge in [-0.2, -0.15) is 0 Å². The van der Waals surface area contributed by atoms with Crippen molar-refractivity contribution in [3.05, 3.63) is 39.1 Å². The van der Waals surface area contributed by atoms with Gasteiger partial charge in [0, 0.05) is 6.20 Å². The van der Waals surface area contributed by atoms with Gasteiger partial charge >= 0.3 is 0 Å². The summed E-state index contributed by atoms with van der Waals surface area (Å²) in [7, 11) is 0. The second-order valence-electron chi connectivity index (χ2n) is 4.81. The van der Waals surface area contributed by atoms with Crippen molar-refractivity contribution in [1.82, 2.24) is 9.97 Å². The van der Waals surface area contributed by atoms with Gasteiger partial charge in [-0.1, -0.05) is 6.92 Å². The summed E-state index contributed by atoms with van der Waals surface area (Å²) >= 11 is 1.48. The predicted molar refractivity (Wildman–Crippen MR) is 82.5 cm³/mol. The van der Waals surface area contributed by atoms with Crippen LogP contribution in [-0.4, -0.2) is 15.9 Å². The Kier molecular flexibility index (Phi) is 4.49. The molecule has 4 nitrogen and oxygen atoms in total. The third-order valence-electron chi connectivity index (χ3n) is 3.10. The van der Waals surface area contributed by atoms with Crippen molar-refractivity contribution in [3.63, 3.8) is 0 Å². The molecular formula is C15H19N3OS. The zero-order valence-electron chi connectivity index (χ0n) is 12.3. The van der Waals surface area contributed by atoms with E-state index >= 15 is 0 Å². The Balaban J connectivity index is 2.24. The van der Waals surface area contributed by atoms with E-state index in [2.05, 4.69) is 22.2 Å². The van der Waals surface area contributed by atoms with Crippen molar-refractivity contribution in [3.8, 4) is 0 Å². The first-order valence-corrected chi connectivity index (χ1v) is 7.54. The molecule has 0 bridgehead atoms. The Morgan fingerprint density at radius 1 is 1.30 bits per heavy atom. The van der Waals surface area contributed by atoms with Crippen LogP contribution in [0.5, 0.6) is 0 Å². The molecule has 2 aromatic heterocycles. The monoisotopic (exact) mass is 289 g/mol. The maximum atomic E-state index is 12.4. The fourth-order valence-corrected chi connectivity index (χ4v) is 3.10. The molecule has 0 aliphatic carbocycles. The van der Waals surface area contributed by atoms with Crippen LogP contribution in [0.15, 0.2) is 12.3 Å². The molecule has 0 fully saturated rings. The van der Waals surface area contributed by atoms with E-state index in [0.717, 1.165) is 40.5 Å². The second-order valence-corrected chi connectivity index (χ2v) is 5.90. The van der Waals surface area contributed by atoms with Gasteiger partial charge in [-0.25, -0.2) is 4.98 Å². The van der Waals surface area contributed by atoms with Gasteiger partial charge in [0.05, 0.1) is 22.1 Å². The van der Waals surface area contributed by atoms with Gasteiger partial charge < -0.3 is 5.32 Å². The van der Waals surface area contributed by atoms with Crippen LogP contribution < -0.4 is 5.32 Å². The topological polar surface area (TPSA) is 54.9 Å². The van der Waals surface area contributed by atoms with Crippen molar-refractivity contribution in [2.75, 3.05) is 5.32 Å². The van der Waals surface area contributed by atoms with Gasteiger partial charge in [-0.3, -0.25) is 9.78 Å². The third-order valence-corrected chi connectivity index (χ3v) is 4.31. The number of carbonyl (C=O) groups excluding carboxylic acids is 1. The number of nitrogens with one attached hydrogen (secondary N) is 1. The first-order valence-electron chi connectivity index (χ1n) is 6.72. The lowest BCUT2D eigenvalue weighted by molar-refractivity contribution is 0.102. The number of aromatic nitrogens is 2. The highest BCUT2D eigenvalue weighted by Gasteiger charge is 2.16. The summed E-state index contributed by atoms with van der Waals surface area (Å²) in [5, 5.41) is 3.98. The van der Waals surface area contributed by atoms with Gasteiger partial charge in [0.25, 0.3) is 5.91 Å². The van der Waals surface area contributed by atoms with Crippen LogP contribution in [-0.2, 0) is 6.42 Å². The molecule has 2 heterocycles. The average molecular weight is 289 g/mol. The van der Waals surface area contributed by atoms with E-state index in [-0.39, 0.29) is 5.91 Å². The maximum Gasteiger partial charge on any atom is 0.267 e. The number of anilines is 1. The Hall–Kier alpha value is -1.75. The summed E-state index contributed by atoms with van der Waals surface area (Å²) in [6, 6.07) is 1.89. The Bertz CT molecular complexity index is 614. The summed E-state index contributed by atoms with van der Waals surface area (Å²) in [6.45, 7) is 7.85. The highest BCUT2D eigenvalue weighted by molar-refractivity contribution is 7.13. The van der Waals surface area contributed by atoms with Gasteiger partial charge in [-0.15, -0.1) is 11.3 Å². The molecule has 5 heteroatoms. The zero-order chi connectivity index (χ0) is 14.7. The quantitative estimate of drug-likeness (QED) is 0.934. The lowest BCUT2D eigenvalue weighted by atomic mass is 10.2. The second kappa shape index (κ2) is 6.13. The molecule has 0 aliphatic heterocycles. The molecular weight excluding hydrogens is 270 g/mol. The summed E-state index contributed by atoms with van der Waals surface area (Å²) in [5.74, 6) is -0.0958. The minimum absolute atomic E-state index is 0.0958. The average Bonchev–Trinajstić information content (AvgIpc) is 2.75. The molecule has 106 valence electrons. The number of amides is 1. The van der Waals surface area contributed by atoms with Gasteiger partial charge in [-0.05, 0) is 45.2 Å². The fourth-order valence-electron chi connectivity index (χ4n) is 2.04. The summed E-state index contributed by atoms with van der Waals surface area (Å²) in [6.07, 6.45) is 3.70. The molecule has 0 saturated carbocycles. The van der Waals surface area contributed by atoms with Crippen LogP contribution in [0.4, 0.5) is 5.69 Å². The highest BCUT2D eigenvalue weighted by Crippen LogP contribution is 2.23. The lowest BCUT2D eigenvalue weighted by Crippen LogP contribution is -2.14. The lowest BCUT2D eigenvalue weighted by Gasteiger charge is -2.09. The van der Waals surface area contributed by atoms with E-state index in [9.17, 15) is 4.79 Å². The third kappa shape index (κ3) is 3.04. The van der Waals surface area contributed by atoms with Crippen molar-refractivity contribution >= 4 is 22.9 Å². The molecule has 0 saturated heterocycles. The highest BCUT2D eigenvalue weighted by atomic mass is 32.1. The summed E-state index contributed by atoms with van der Waals surface area (Å²) < 4.78 is 0. The van der Waals surface area contributed by atoms with Gasteiger partial charge in [0.1, 0.15) is 4.88 Å². The molecule has 2 aromatic rings.